The van der Waals surface area contributed by atoms with E-state index in [1.54, 1.807) is 0 Å². The summed E-state index contributed by atoms with van der Waals surface area (Å²) in [7, 11) is 0. The number of nitrogens with zero attached hydrogens (tertiary/aromatic N) is 2. The minimum atomic E-state index is 0.0213. The van der Waals surface area contributed by atoms with Crippen molar-refractivity contribution in [1.82, 2.24) is 14.9 Å². The molecule has 0 bridgehead atoms. The van der Waals surface area contributed by atoms with E-state index in [2.05, 4.69) is 16.0 Å². The lowest BCUT2D eigenvalue weighted by Gasteiger charge is -2.12. The van der Waals surface area contributed by atoms with Crippen LogP contribution in [0.3, 0.4) is 0 Å². The molecule has 3 aromatic carbocycles. The first-order valence-corrected chi connectivity index (χ1v) is 11.1. The van der Waals surface area contributed by atoms with Gasteiger partial charge in [-0.25, -0.2) is 4.98 Å². The van der Waals surface area contributed by atoms with E-state index in [4.69, 9.17) is 21.3 Å². The molecule has 0 spiro atoms. The molecule has 0 saturated heterocycles. The molecule has 0 radical (unpaired) electrons. The molecule has 32 heavy (non-hydrogen) atoms. The van der Waals surface area contributed by atoms with Gasteiger partial charge in [0.15, 0.2) is 0 Å². The topological polar surface area (TPSA) is 56.2 Å². The van der Waals surface area contributed by atoms with Crippen LogP contribution in [0.4, 0.5) is 0 Å². The minimum Gasteiger partial charge on any atom is -0.492 e. The van der Waals surface area contributed by atoms with E-state index < -0.39 is 0 Å². The Labute approximate surface area is 193 Å². The number of amides is 1. The van der Waals surface area contributed by atoms with Crippen molar-refractivity contribution in [3.63, 3.8) is 0 Å². The third-order valence-electron chi connectivity index (χ3n) is 5.41. The summed E-state index contributed by atoms with van der Waals surface area (Å²) in [5.41, 5.74) is 4.19. The second-order valence-electron chi connectivity index (χ2n) is 7.67. The zero-order valence-corrected chi connectivity index (χ0v) is 18.8. The highest BCUT2D eigenvalue weighted by Gasteiger charge is 2.12. The quantitative estimate of drug-likeness (QED) is 0.393. The van der Waals surface area contributed by atoms with Crippen LogP contribution in [0.25, 0.3) is 11.0 Å². The predicted molar refractivity (Wildman–Crippen MR) is 128 cm³/mol. The summed E-state index contributed by atoms with van der Waals surface area (Å²) in [5, 5.41) is 3.71. The fraction of sp³-hybridized carbons (Fsp3) is 0.231. The van der Waals surface area contributed by atoms with Crippen LogP contribution >= 0.6 is 11.6 Å². The van der Waals surface area contributed by atoms with Crippen LogP contribution in [0.15, 0.2) is 72.8 Å². The Bertz CT molecular complexity index is 1200. The molecular formula is C26H26ClN3O2. The van der Waals surface area contributed by atoms with Crippen molar-refractivity contribution in [2.75, 3.05) is 13.2 Å². The highest BCUT2D eigenvalue weighted by Crippen LogP contribution is 2.18. The van der Waals surface area contributed by atoms with Crippen LogP contribution in [0.1, 0.15) is 17.0 Å². The number of carbonyl (C=O) groups excluding carboxylic acids is 1. The molecule has 0 atom stereocenters. The van der Waals surface area contributed by atoms with Gasteiger partial charge < -0.3 is 14.6 Å². The highest BCUT2D eigenvalue weighted by atomic mass is 35.5. The smallest absolute Gasteiger partial charge is 0.224 e. The molecule has 0 aliphatic carbocycles. The van der Waals surface area contributed by atoms with E-state index in [1.807, 2.05) is 73.7 Å². The lowest BCUT2D eigenvalue weighted by molar-refractivity contribution is -0.120. The maximum atomic E-state index is 12.4. The number of halogens is 1. The van der Waals surface area contributed by atoms with Crippen molar-refractivity contribution in [2.45, 2.75) is 26.3 Å². The van der Waals surface area contributed by atoms with E-state index in [9.17, 15) is 4.79 Å². The highest BCUT2D eigenvalue weighted by molar-refractivity contribution is 6.30. The van der Waals surface area contributed by atoms with Crippen LogP contribution in [-0.2, 0) is 24.2 Å². The van der Waals surface area contributed by atoms with Crippen molar-refractivity contribution >= 4 is 28.5 Å². The summed E-state index contributed by atoms with van der Waals surface area (Å²) in [6.07, 6.45) is 1.03. The molecule has 1 heterocycles. The average molecular weight is 448 g/mol. The zero-order valence-electron chi connectivity index (χ0n) is 18.1. The molecule has 4 rings (SSSR count). The number of ether oxygens (including phenoxy) is 1. The predicted octanol–water partition coefficient (Wildman–Crippen LogP) is 4.98. The van der Waals surface area contributed by atoms with Gasteiger partial charge in [-0.3, -0.25) is 4.79 Å². The maximum absolute atomic E-state index is 12.4. The molecule has 0 fully saturated rings. The number of carbonyl (C=O) groups is 1. The largest absolute Gasteiger partial charge is 0.492 e. The van der Waals surface area contributed by atoms with Gasteiger partial charge in [0.1, 0.15) is 18.2 Å². The number of hydrogen-bond donors (Lipinski definition) is 1. The third-order valence-corrected chi connectivity index (χ3v) is 5.67. The van der Waals surface area contributed by atoms with Gasteiger partial charge in [-0.15, -0.1) is 0 Å². The van der Waals surface area contributed by atoms with Gasteiger partial charge in [0, 0.05) is 18.0 Å². The summed E-state index contributed by atoms with van der Waals surface area (Å²) >= 11 is 5.94. The van der Waals surface area contributed by atoms with Crippen molar-refractivity contribution in [3.05, 3.63) is 94.8 Å². The molecule has 164 valence electrons. The normalized spacial score (nSPS) is 10.9. The molecule has 1 aromatic heterocycles. The van der Waals surface area contributed by atoms with Gasteiger partial charge >= 0.3 is 0 Å². The summed E-state index contributed by atoms with van der Waals surface area (Å²) in [4.78, 5) is 17.2. The number of nitrogens with one attached hydrogen (secondary N) is 1. The van der Waals surface area contributed by atoms with Gasteiger partial charge in [-0.05, 0) is 54.4 Å². The van der Waals surface area contributed by atoms with E-state index in [0.29, 0.717) is 37.6 Å². The maximum Gasteiger partial charge on any atom is 0.224 e. The Morgan fingerprint density at radius 1 is 1.03 bits per heavy atom. The molecule has 6 heteroatoms. The van der Waals surface area contributed by atoms with E-state index in [-0.39, 0.29) is 5.91 Å². The molecule has 1 amide bonds. The molecular weight excluding hydrogens is 422 g/mol. The van der Waals surface area contributed by atoms with Gasteiger partial charge in [0.25, 0.3) is 0 Å². The molecule has 0 unspecified atom stereocenters. The first-order valence-electron chi connectivity index (χ1n) is 10.7. The molecule has 1 N–H and O–H groups in total. The number of hydrogen-bond acceptors (Lipinski definition) is 3. The zero-order chi connectivity index (χ0) is 22.3. The number of fused-ring (bicyclic) bond motifs is 1. The number of aromatic nitrogens is 2. The second kappa shape index (κ2) is 10.3. The van der Waals surface area contributed by atoms with Crippen molar-refractivity contribution in [3.8, 4) is 5.75 Å². The number of imidazole rings is 1. The lowest BCUT2D eigenvalue weighted by atomic mass is 10.1. The molecule has 0 aliphatic heterocycles. The van der Waals surface area contributed by atoms with Gasteiger partial charge in [0.2, 0.25) is 5.91 Å². The Hall–Kier alpha value is -3.31. The summed E-state index contributed by atoms with van der Waals surface area (Å²) in [5.74, 6) is 1.74. The molecule has 5 nitrogen and oxygen atoms in total. The molecule has 4 aromatic rings. The van der Waals surface area contributed by atoms with Gasteiger partial charge in [0.05, 0.1) is 24.0 Å². The van der Waals surface area contributed by atoms with E-state index in [1.165, 1.54) is 0 Å². The lowest BCUT2D eigenvalue weighted by Crippen LogP contribution is -2.28. The fourth-order valence-electron chi connectivity index (χ4n) is 3.71. The summed E-state index contributed by atoms with van der Waals surface area (Å²) in [6.45, 7) is 3.73. The monoisotopic (exact) mass is 447 g/mol. The van der Waals surface area contributed by atoms with Gasteiger partial charge in [-0.2, -0.15) is 0 Å². The molecule has 0 aliphatic rings. The van der Waals surface area contributed by atoms with Crippen molar-refractivity contribution in [2.24, 2.45) is 0 Å². The Morgan fingerprint density at radius 2 is 1.78 bits per heavy atom. The number of aryl methyl sites for hydroxylation is 1. The number of para-hydroxylation sites is 2. The van der Waals surface area contributed by atoms with Crippen LogP contribution in [0, 0.1) is 6.92 Å². The second-order valence-corrected chi connectivity index (χ2v) is 8.11. The fourth-order valence-corrected chi connectivity index (χ4v) is 3.83. The minimum absolute atomic E-state index is 0.0213. The van der Waals surface area contributed by atoms with E-state index in [0.717, 1.165) is 33.7 Å². The van der Waals surface area contributed by atoms with Crippen LogP contribution in [0.5, 0.6) is 5.75 Å². The Kier molecular flexibility index (Phi) is 7.07. The van der Waals surface area contributed by atoms with Crippen LogP contribution in [0.2, 0.25) is 5.02 Å². The van der Waals surface area contributed by atoms with Gasteiger partial charge in [-0.1, -0.05) is 48.0 Å². The first kappa shape index (κ1) is 21.9. The average Bonchev–Trinajstić information content (AvgIpc) is 3.14. The summed E-state index contributed by atoms with van der Waals surface area (Å²) in [6, 6.07) is 23.4. The standard InChI is InChI=1S/C26H26ClN3O2/c1-19-6-2-3-7-20(19)18-26(31)28-15-14-25-29-23-8-4-5-9-24(23)30(25)16-17-32-22-12-10-21(27)11-13-22/h2-13H,14-18H2,1H3,(H,28,31). The van der Waals surface area contributed by atoms with Crippen molar-refractivity contribution < 1.29 is 9.53 Å². The summed E-state index contributed by atoms with van der Waals surface area (Å²) < 4.78 is 8.05. The third kappa shape index (κ3) is 5.48. The van der Waals surface area contributed by atoms with Crippen LogP contribution in [-0.4, -0.2) is 28.6 Å². The Morgan fingerprint density at radius 3 is 2.59 bits per heavy atom. The van der Waals surface area contributed by atoms with E-state index >= 15 is 0 Å². The molecule has 0 saturated carbocycles. The van der Waals surface area contributed by atoms with Crippen LogP contribution < -0.4 is 10.1 Å². The SMILES string of the molecule is Cc1ccccc1CC(=O)NCCc1nc2ccccc2n1CCOc1ccc(Cl)cc1. The number of benzene rings is 3. The first-order chi connectivity index (χ1) is 15.6. The number of rotatable bonds is 9. The van der Waals surface area contributed by atoms with Crippen molar-refractivity contribution in [1.29, 1.82) is 0 Å². The Balaban J connectivity index is 1.38.